The lowest BCUT2D eigenvalue weighted by Crippen LogP contribution is -2.22. The minimum absolute atomic E-state index is 1.16. The maximum absolute atomic E-state index is 2.12. The van der Waals surface area contributed by atoms with Crippen molar-refractivity contribution in [1.82, 2.24) is 0 Å². The Morgan fingerprint density at radius 1 is 0.500 bits per heavy atom. The van der Waals surface area contributed by atoms with Crippen LogP contribution in [-0.2, 0) is 0 Å². The SMILES string of the molecule is C1=CC=C2C=CC=CC=C2C=C1.C1CCC2CCCCC2C1. The number of hydrogen-bond donors (Lipinski definition) is 0. The Bertz CT molecular complexity index is 474. The van der Waals surface area contributed by atoms with E-state index in [1.807, 2.05) is 12.2 Å². The molecule has 0 atom stereocenters. The summed E-state index contributed by atoms with van der Waals surface area (Å²) in [6.07, 6.45) is 33.2. The Hall–Kier alpha value is -1.56. The Morgan fingerprint density at radius 2 is 0.909 bits per heavy atom. The van der Waals surface area contributed by atoms with Crippen LogP contribution in [0.4, 0.5) is 0 Å². The zero-order valence-electron chi connectivity index (χ0n) is 13.6. The van der Waals surface area contributed by atoms with Crippen molar-refractivity contribution in [2.75, 3.05) is 0 Å². The van der Waals surface area contributed by atoms with Crippen molar-refractivity contribution in [2.45, 2.75) is 51.4 Å². The first-order valence-electron chi connectivity index (χ1n) is 9.04. The Kier molecular flexibility index (Phi) is 5.70. The van der Waals surface area contributed by atoms with Gasteiger partial charge in [0.15, 0.2) is 0 Å². The fourth-order valence-corrected chi connectivity index (χ4v) is 4.12. The molecule has 0 N–H and O–H groups in total. The Morgan fingerprint density at radius 3 is 1.32 bits per heavy atom. The quantitative estimate of drug-likeness (QED) is 0.480. The maximum atomic E-state index is 2.12. The molecular weight excluding hydrogens is 264 g/mol. The lowest BCUT2D eigenvalue weighted by molar-refractivity contribution is 0.171. The molecule has 0 heteroatoms. The smallest absolute Gasteiger partial charge is 0.0184 e. The standard InChI is InChI=1S/C12H10.C10H18/c1-3-7-11-9-5-2-6-10-12(11)8-4-1;1-2-6-10-8-4-3-7-9(10)5-1/h1-10H;9-10H,1-8H2. The van der Waals surface area contributed by atoms with Gasteiger partial charge >= 0.3 is 0 Å². The van der Waals surface area contributed by atoms with E-state index in [-0.39, 0.29) is 0 Å². The van der Waals surface area contributed by atoms with Gasteiger partial charge < -0.3 is 0 Å². The fraction of sp³-hybridized carbons (Fsp3) is 0.455. The van der Waals surface area contributed by atoms with Gasteiger partial charge in [-0.1, -0.05) is 112 Å². The van der Waals surface area contributed by atoms with Crippen molar-refractivity contribution in [3.05, 3.63) is 71.9 Å². The first kappa shape index (κ1) is 15.3. The summed E-state index contributed by atoms with van der Waals surface area (Å²) >= 11 is 0. The summed E-state index contributed by atoms with van der Waals surface area (Å²) in [5, 5.41) is 0. The highest BCUT2D eigenvalue weighted by Gasteiger charge is 2.26. The molecule has 0 unspecified atom stereocenters. The molecule has 2 fully saturated rings. The van der Waals surface area contributed by atoms with Crippen molar-refractivity contribution >= 4 is 0 Å². The summed E-state index contributed by atoms with van der Waals surface area (Å²) < 4.78 is 0. The van der Waals surface area contributed by atoms with Crippen molar-refractivity contribution in [3.8, 4) is 0 Å². The first-order valence-corrected chi connectivity index (χ1v) is 9.04. The normalized spacial score (nSPS) is 29.1. The molecule has 4 aliphatic carbocycles. The molecular formula is C22H28. The number of allylic oxidation sites excluding steroid dienone is 12. The van der Waals surface area contributed by atoms with E-state index in [0.717, 1.165) is 11.8 Å². The van der Waals surface area contributed by atoms with Crippen molar-refractivity contribution < 1.29 is 0 Å². The van der Waals surface area contributed by atoms with E-state index in [1.165, 1.54) is 36.8 Å². The molecule has 4 aliphatic rings. The van der Waals surface area contributed by atoms with Crippen molar-refractivity contribution in [3.63, 3.8) is 0 Å². The van der Waals surface area contributed by atoms with Gasteiger partial charge in [0.05, 0.1) is 0 Å². The Labute approximate surface area is 135 Å². The van der Waals surface area contributed by atoms with Crippen molar-refractivity contribution in [2.24, 2.45) is 11.8 Å². The zero-order valence-corrected chi connectivity index (χ0v) is 13.6. The van der Waals surface area contributed by atoms with Gasteiger partial charge in [-0.25, -0.2) is 0 Å². The molecule has 0 saturated heterocycles. The molecule has 0 radical (unpaired) electrons. The van der Waals surface area contributed by atoms with Crippen LogP contribution in [0.15, 0.2) is 71.9 Å². The van der Waals surface area contributed by atoms with E-state index in [2.05, 4.69) is 48.6 Å². The number of fused-ring (bicyclic) bond motifs is 2. The van der Waals surface area contributed by atoms with Crippen LogP contribution >= 0.6 is 0 Å². The molecule has 4 rings (SSSR count). The van der Waals surface area contributed by atoms with Crippen LogP contribution in [0, 0.1) is 11.8 Å². The molecule has 0 aromatic carbocycles. The van der Waals surface area contributed by atoms with Crippen molar-refractivity contribution in [1.29, 1.82) is 0 Å². The van der Waals surface area contributed by atoms with E-state index in [0.29, 0.717) is 0 Å². The van der Waals surface area contributed by atoms with E-state index >= 15 is 0 Å². The lowest BCUT2D eigenvalue weighted by Gasteiger charge is -2.35. The molecule has 0 aromatic rings. The second-order valence-corrected chi connectivity index (χ2v) is 6.82. The highest BCUT2D eigenvalue weighted by atomic mass is 14.3. The van der Waals surface area contributed by atoms with Gasteiger partial charge in [-0.05, 0) is 23.0 Å². The van der Waals surface area contributed by atoms with Crippen LogP contribution in [0.3, 0.4) is 0 Å². The molecule has 22 heavy (non-hydrogen) atoms. The van der Waals surface area contributed by atoms with Gasteiger partial charge in [0.1, 0.15) is 0 Å². The summed E-state index contributed by atoms with van der Waals surface area (Å²) in [4.78, 5) is 0. The molecule has 116 valence electrons. The molecule has 0 amide bonds. The minimum Gasteiger partial charge on any atom is -0.0622 e. The average Bonchev–Trinajstić information content (AvgIpc) is 2.93. The monoisotopic (exact) mass is 292 g/mol. The highest BCUT2D eigenvalue weighted by molar-refractivity contribution is 5.53. The molecule has 0 heterocycles. The van der Waals surface area contributed by atoms with E-state index in [1.54, 1.807) is 25.7 Å². The molecule has 0 spiro atoms. The number of rotatable bonds is 0. The molecule has 0 aliphatic heterocycles. The van der Waals surface area contributed by atoms with Gasteiger partial charge in [0.2, 0.25) is 0 Å². The largest absolute Gasteiger partial charge is 0.0622 e. The van der Waals surface area contributed by atoms with Crippen LogP contribution < -0.4 is 0 Å². The van der Waals surface area contributed by atoms with Crippen LogP contribution in [0.2, 0.25) is 0 Å². The van der Waals surface area contributed by atoms with E-state index in [4.69, 9.17) is 0 Å². The van der Waals surface area contributed by atoms with Crippen LogP contribution in [0.25, 0.3) is 0 Å². The minimum atomic E-state index is 1.16. The highest BCUT2D eigenvalue weighted by Crippen LogP contribution is 2.40. The molecule has 0 bridgehead atoms. The third-order valence-corrected chi connectivity index (χ3v) is 5.35. The third kappa shape index (κ3) is 4.22. The summed E-state index contributed by atoms with van der Waals surface area (Å²) in [6.45, 7) is 0. The van der Waals surface area contributed by atoms with Gasteiger partial charge in [0.25, 0.3) is 0 Å². The molecule has 2 saturated carbocycles. The van der Waals surface area contributed by atoms with Gasteiger partial charge in [0, 0.05) is 0 Å². The fourth-order valence-electron chi connectivity index (χ4n) is 4.12. The van der Waals surface area contributed by atoms with Gasteiger partial charge in [-0.15, -0.1) is 0 Å². The van der Waals surface area contributed by atoms with Crippen LogP contribution in [0.1, 0.15) is 51.4 Å². The topological polar surface area (TPSA) is 0 Å². The second kappa shape index (κ2) is 8.17. The first-order chi connectivity index (χ1) is 10.9. The molecule has 0 nitrogen and oxygen atoms in total. The third-order valence-electron chi connectivity index (χ3n) is 5.35. The predicted molar refractivity (Wildman–Crippen MR) is 96.6 cm³/mol. The summed E-state index contributed by atoms with van der Waals surface area (Å²) in [7, 11) is 0. The summed E-state index contributed by atoms with van der Waals surface area (Å²) in [6, 6.07) is 0. The van der Waals surface area contributed by atoms with Gasteiger partial charge in [-0.2, -0.15) is 0 Å². The predicted octanol–water partition coefficient (Wildman–Crippen LogP) is 6.46. The van der Waals surface area contributed by atoms with Gasteiger partial charge in [-0.3, -0.25) is 0 Å². The Balaban J connectivity index is 0.000000133. The lowest BCUT2D eigenvalue weighted by atomic mass is 9.71. The molecule has 0 aromatic heterocycles. The van der Waals surface area contributed by atoms with E-state index in [9.17, 15) is 0 Å². The zero-order chi connectivity index (χ0) is 15.0. The van der Waals surface area contributed by atoms with Crippen LogP contribution in [-0.4, -0.2) is 0 Å². The number of hydrogen-bond acceptors (Lipinski definition) is 0. The van der Waals surface area contributed by atoms with E-state index < -0.39 is 0 Å². The summed E-state index contributed by atoms with van der Waals surface area (Å²) in [5.41, 5.74) is 2.54. The second-order valence-electron chi connectivity index (χ2n) is 6.82. The average molecular weight is 292 g/mol. The maximum Gasteiger partial charge on any atom is -0.0184 e. The summed E-state index contributed by atoms with van der Waals surface area (Å²) in [5.74, 6) is 2.31. The van der Waals surface area contributed by atoms with Crippen LogP contribution in [0.5, 0.6) is 0 Å².